The lowest BCUT2D eigenvalue weighted by Gasteiger charge is -2.17. The highest BCUT2D eigenvalue weighted by atomic mass is 32.1. The highest BCUT2D eigenvalue weighted by Crippen LogP contribution is 2.17. The van der Waals surface area contributed by atoms with E-state index in [0.717, 1.165) is 17.1 Å². The molecule has 2 rings (SSSR count). The molecule has 2 atom stereocenters. The van der Waals surface area contributed by atoms with Gasteiger partial charge in [-0.3, -0.25) is 4.79 Å². The van der Waals surface area contributed by atoms with Gasteiger partial charge in [-0.1, -0.05) is 34.8 Å². The van der Waals surface area contributed by atoms with Gasteiger partial charge in [0.25, 0.3) is 5.91 Å². The molecule has 1 heterocycles. The van der Waals surface area contributed by atoms with Gasteiger partial charge in [0.05, 0.1) is 6.10 Å². The molecule has 0 spiro atoms. The highest BCUT2D eigenvalue weighted by Gasteiger charge is 2.16. The molecule has 0 unspecified atom stereocenters. The van der Waals surface area contributed by atoms with Crippen LogP contribution in [0.4, 0.5) is 0 Å². The number of nitrogens with one attached hydrogen (secondary N) is 1. The van der Waals surface area contributed by atoms with E-state index >= 15 is 0 Å². The van der Waals surface area contributed by atoms with Gasteiger partial charge in [0.2, 0.25) is 0 Å². The Morgan fingerprint density at radius 1 is 1.42 bits per heavy atom. The van der Waals surface area contributed by atoms with Crippen LogP contribution in [0.15, 0.2) is 35.7 Å². The second-order valence-corrected chi connectivity index (χ2v) is 4.94. The standard InChI is InChI=1S/C13H15N3O2S/c1-9(14-13(18)11-8-19-16-15-11)7-12(17)10-5-3-2-4-6-10/h2-6,8-9,12,17H,7H2,1H3,(H,14,18)/t9-,12-/m1/s1. The third-order valence-electron chi connectivity index (χ3n) is 2.73. The van der Waals surface area contributed by atoms with Gasteiger partial charge < -0.3 is 10.4 Å². The number of carbonyl (C=O) groups is 1. The van der Waals surface area contributed by atoms with Crippen LogP contribution in [0.1, 0.15) is 35.5 Å². The Morgan fingerprint density at radius 3 is 2.79 bits per heavy atom. The molecule has 0 aliphatic heterocycles. The lowest BCUT2D eigenvalue weighted by atomic mass is 10.0. The van der Waals surface area contributed by atoms with Crippen LogP contribution in [0.5, 0.6) is 0 Å². The summed E-state index contributed by atoms with van der Waals surface area (Å²) in [5, 5.41) is 18.1. The molecule has 0 fully saturated rings. The smallest absolute Gasteiger partial charge is 0.272 e. The number of hydrogen-bond donors (Lipinski definition) is 2. The van der Waals surface area contributed by atoms with Gasteiger partial charge in [-0.15, -0.1) is 5.10 Å². The van der Waals surface area contributed by atoms with Crippen molar-refractivity contribution in [2.75, 3.05) is 0 Å². The molecule has 1 amide bonds. The zero-order chi connectivity index (χ0) is 13.7. The van der Waals surface area contributed by atoms with Crippen LogP contribution in [0.2, 0.25) is 0 Å². The molecule has 2 aromatic rings. The quantitative estimate of drug-likeness (QED) is 0.873. The van der Waals surface area contributed by atoms with Crippen molar-refractivity contribution in [2.45, 2.75) is 25.5 Å². The van der Waals surface area contributed by atoms with Crippen LogP contribution in [0.25, 0.3) is 0 Å². The Hall–Kier alpha value is -1.79. The molecule has 100 valence electrons. The van der Waals surface area contributed by atoms with E-state index in [4.69, 9.17) is 0 Å². The van der Waals surface area contributed by atoms with Gasteiger partial charge in [-0.25, -0.2) is 0 Å². The Balaban J connectivity index is 1.88. The first-order chi connectivity index (χ1) is 9.16. The summed E-state index contributed by atoms with van der Waals surface area (Å²) >= 11 is 1.13. The van der Waals surface area contributed by atoms with Gasteiger partial charge in [0.1, 0.15) is 0 Å². The molecule has 0 aliphatic rings. The molecule has 5 nitrogen and oxygen atoms in total. The van der Waals surface area contributed by atoms with Crippen molar-refractivity contribution < 1.29 is 9.90 Å². The van der Waals surface area contributed by atoms with Gasteiger partial charge >= 0.3 is 0 Å². The first-order valence-electron chi connectivity index (χ1n) is 5.97. The summed E-state index contributed by atoms with van der Waals surface area (Å²) in [6.45, 7) is 1.85. The van der Waals surface area contributed by atoms with E-state index in [1.54, 1.807) is 5.38 Å². The third-order valence-corrected chi connectivity index (χ3v) is 3.24. The van der Waals surface area contributed by atoms with Crippen LogP contribution in [0.3, 0.4) is 0 Å². The highest BCUT2D eigenvalue weighted by molar-refractivity contribution is 7.03. The Bertz CT molecular complexity index is 516. The lowest BCUT2D eigenvalue weighted by Crippen LogP contribution is -2.34. The van der Waals surface area contributed by atoms with Gasteiger partial charge in [-0.05, 0) is 30.4 Å². The summed E-state index contributed by atoms with van der Waals surface area (Å²) in [6.07, 6.45) is -0.141. The number of aliphatic hydroxyl groups is 1. The number of aliphatic hydroxyl groups excluding tert-OH is 1. The van der Waals surface area contributed by atoms with E-state index in [1.807, 2.05) is 37.3 Å². The first-order valence-corrected chi connectivity index (χ1v) is 6.81. The number of rotatable bonds is 5. The van der Waals surface area contributed by atoms with Crippen LogP contribution in [-0.2, 0) is 0 Å². The molecule has 2 N–H and O–H groups in total. The number of amides is 1. The second-order valence-electron chi connectivity index (χ2n) is 4.33. The van der Waals surface area contributed by atoms with E-state index in [9.17, 15) is 9.90 Å². The molecule has 0 radical (unpaired) electrons. The maximum absolute atomic E-state index is 11.7. The Labute approximate surface area is 115 Å². The van der Waals surface area contributed by atoms with Crippen molar-refractivity contribution in [3.63, 3.8) is 0 Å². The van der Waals surface area contributed by atoms with Gasteiger partial charge in [-0.2, -0.15) is 0 Å². The van der Waals surface area contributed by atoms with Crippen molar-refractivity contribution in [1.82, 2.24) is 14.9 Å². The molecule has 19 heavy (non-hydrogen) atoms. The predicted octanol–water partition coefficient (Wildman–Crippen LogP) is 1.78. The lowest BCUT2D eigenvalue weighted by molar-refractivity contribution is 0.0912. The van der Waals surface area contributed by atoms with E-state index in [0.29, 0.717) is 12.1 Å². The average molecular weight is 277 g/mol. The molecule has 1 aromatic heterocycles. The van der Waals surface area contributed by atoms with Crippen LogP contribution >= 0.6 is 11.5 Å². The van der Waals surface area contributed by atoms with Crippen molar-refractivity contribution in [3.05, 3.63) is 47.0 Å². The summed E-state index contributed by atoms with van der Waals surface area (Å²) in [7, 11) is 0. The summed E-state index contributed by atoms with van der Waals surface area (Å²) in [5.41, 5.74) is 1.16. The van der Waals surface area contributed by atoms with E-state index in [2.05, 4.69) is 14.9 Å². The van der Waals surface area contributed by atoms with Crippen molar-refractivity contribution in [1.29, 1.82) is 0 Å². The minimum atomic E-state index is -0.593. The maximum Gasteiger partial charge on any atom is 0.272 e. The van der Waals surface area contributed by atoms with Crippen molar-refractivity contribution >= 4 is 17.4 Å². The number of benzene rings is 1. The topological polar surface area (TPSA) is 75.1 Å². The molecule has 0 saturated carbocycles. The number of aromatic nitrogens is 2. The van der Waals surface area contributed by atoms with Crippen molar-refractivity contribution in [3.8, 4) is 0 Å². The van der Waals surface area contributed by atoms with E-state index < -0.39 is 6.10 Å². The van der Waals surface area contributed by atoms with Crippen LogP contribution in [0, 0.1) is 0 Å². The fraction of sp³-hybridized carbons (Fsp3) is 0.308. The number of carbonyl (C=O) groups excluding carboxylic acids is 1. The fourth-order valence-corrected chi connectivity index (χ4v) is 2.20. The molecule has 0 aliphatic carbocycles. The third kappa shape index (κ3) is 3.84. The number of hydrogen-bond acceptors (Lipinski definition) is 5. The zero-order valence-corrected chi connectivity index (χ0v) is 11.3. The minimum absolute atomic E-state index is 0.149. The summed E-state index contributed by atoms with van der Waals surface area (Å²) in [5.74, 6) is -0.262. The fourth-order valence-electron chi connectivity index (χ4n) is 1.77. The Kier molecular flexibility index (Phi) is 4.59. The zero-order valence-electron chi connectivity index (χ0n) is 10.5. The average Bonchev–Trinajstić information content (AvgIpc) is 2.93. The molecule has 0 saturated heterocycles. The molecule has 6 heteroatoms. The van der Waals surface area contributed by atoms with Gasteiger partial charge in [0.15, 0.2) is 5.69 Å². The van der Waals surface area contributed by atoms with Gasteiger partial charge in [0, 0.05) is 11.4 Å². The SMILES string of the molecule is C[C@H](C[C@@H](O)c1ccccc1)NC(=O)c1csnn1. The summed E-state index contributed by atoms with van der Waals surface area (Å²) in [6, 6.07) is 9.24. The second kappa shape index (κ2) is 6.40. The predicted molar refractivity (Wildman–Crippen MR) is 72.9 cm³/mol. The van der Waals surface area contributed by atoms with Crippen LogP contribution < -0.4 is 5.32 Å². The molecular formula is C13H15N3O2S. The molecule has 0 bridgehead atoms. The van der Waals surface area contributed by atoms with Crippen molar-refractivity contribution in [2.24, 2.45) is 0 Å². The van der Waals surface area contributed by atoms with E-state index in [-0.39, 0.29) is 11.9 Å². The summed E-state index contributed by atoms with van der Waals surface area (Å²) in [4.78, 5) is 11.7. The normalized spacial score (nSPS) is 13.8. The van der Waals surface area contributed by atoms with Crippen LogP contribution in [-0.4, -0.2) is 26.6 Å². The Morgan fingerprint density at radius 2 is 2.16 bits per heavy atom. The largest absolute Gasteiger partial charge is 0.388 e. The molecule has 1 aromatic carbocycles. The maximum atomic E-state index is 11.7. The first kappa shape index (κ1) is 13.6. The number of nitrogens with zero attached hydrogens (tertiary/aromatic N) is 2. The molecular weight excluding hydrogens is 262 g/mol. The summed E-state index contributed by atoms with van der Waals surface area (Å²) < 4.78 is 3.64. The minimum Gasteiger partial charge on any atom is -0.388 e. The van der Waals surface area contributed by atoms with E-state index in [1.165, 1.54) is 0 Å². The monoisotopic (exact) mass is 277 g/mol.